The number of rotatable bonds is 4. The molecule has 1 heterocycles. The van der Waals surface area contributed by atoms with E-state index in [0.717, 1.165) is 20.8 Å². The number of ether oxygens (including phenoxy) is 1. The highest BCUT2D eigenvalue weighted by molar-refractivity contribution is 7.18. The fraction of sp³-hybridized carbons (Fsp3) is 0.0588. The maximum absolute atomic E-state index is 12.8. The molecule has 0 saturated heterocycles. The summed E-state index contributed by atoms with van der Waals surface area (Å²) in [6.45, 7) is 0.145. The third kappa shape index (κ3) is 3.56. The zero-order valence-corrected chi connectivity index (χ0v) is 12.3. The number of aromatic nitrogens is 1. The summed E-state index contributed by atoms with van der Waals surface area (Å²) in [5.41, 5.74) is 1.64. The van der Waals surface area contributed by atoms with Gasteiger partial charge in [0.25, 0.3) is 0 Å². The van der Waals surface area contributed by atoms with E-state index in [-0.39, 0.29) is 12.4 Å². The van der Waals surface area contributed by atoms with Crippen LogP contribution in [0.25, 0.3) is 16.3 Å². The molecule has 0 bridgehead atoms. The Morgan fingerprint density at radius 3 is 2.73 bits per heavy atom. The Kier molecular flexibility index (Phi) is 4.25. The van der Waals surface area contributed by atoms with Crippen molar-refractivity contribution in [2.75, 3.05) is 0 Å². The van der Waals surface area contributed by atoms with Crippen molar-refractivity contribution in [1.82, 2.24) is 4.98 Å². The molecular weight excluding hydrogens is 301 g/mol. The van der Waals surface area contributed by atoms with Crippen LogP contribution in [-0.4, -0.2) is 11.0 Å². The first-order valence-corrected chi connectivity index (χ1v) is 7.47. The number of fused-ring (bicyclic) bond motifs is 1. The van der Waals surface area contributed by atoms with Crippen LogP contribution >= 0.6 is 11.3 Å². The number of carbonyl (C=O) groups is 1. The molecule has 0 aliphatic heterocycles. The highest BCUT2D eigenvalue weighted by atomic mass is 32.1. The summed E-state index contributed by atoms with van der Waals surface area (Å²) in [5.74, 6) is -0.765. The molecule has 3 aromatic rings. The van der Waals surface area contributed by atoms with Crippen LogP contribution in [0, 0.1) is 5.82 Å². The summed E-state index contributed by atoms with van der Waals surface area (Å²) >= 11 is 1.50. The molecule has 22 heavy (non-hydrogen) atoms. The fourth-order valence-corrected chi connectivity index (χ4v) is 2.78. The number of nitrogens with zero attached hydrogens (tertiary/aromatic N) is 1. The van der Waals surface area contributed by atoms with Crippen molar-refractivity contribution < 1.29 is 13.9 Å². The van der Waals surface area contributed by atoms with Gasteiger partial charge in [-0.3, -0.25) is 0 Å². The van der Waals surface area contributed by atoms with Crippen LogP contribution in [0.5, 0.6) is 0 Å². The molecule has 0 atom stereocenters. The number of hydrogen-bond acceptors (Lipinski definition) is 4. The van der Waals surface area contributed by atoms with Gasteiger partial charge in [0.15, 0.2) is 0 Å². The summed E-state index contributed by atoms with van der Waals surface area (Å²) in [6, 6.07) is 13.6. The smallest absolute Gasteiger partial charge is 0.331 e. The Morgan fingerprint density at radius 2 is 1.95 bits per heavy atom. The third-order valence-electron chi connectivity index (χ3n) is 2.96. The van der Waals surface area contributed by atoms with Crippen molar-refractivity contribution in [3.8, 4) is 0 Å². The standard InChI is InChI=1S/C17H12FNO2S/c18-13-8-5-12(6-9-13)7-10-17(20)21-11-16-19-14-3-1-2-4-15(14)22-16/h1-10H,11H2/b10-7+. The predicted octanol–water partition coefficient (Wildman–Crippen LogP) is 4.19. The monoisotopic (exact) mass is 313 g/mol. The lowest BCUT2D eigenvalue weighted by molar-refractivity contribution is -0.138. The Bertz CT molecular complexity index is 791. The Balaban J connectivity index is 1.58. The number of esters is 1. The van der Waals surface area contributed by atoms with Gasteiger partial charge in [-0.2, -0.15) is 0 Å². The highest BCUT2D eigenvalue weighted by Crippen LogP contribution is 2.22. The summed E-state index contributed by atoms with van der Waals surface area (Å²) in [5, 5.41) is 0.754. The normalized spacial score (nSPS) is 11.1. The van der Waals surface area contributed by atoms with Crippen LogP contribution in [0.2, 0.25) is 0 Å². The van der Waals surface area contributed by atoms with Gasteiger partial charge in [-0.05, 0) is 35.9 Å². The minimum absolute atomic E-state index is 0.145. The van der Waals surface area contributed by atoms with E-state index in [9.17, 15) is 9.18 Å². The number of halogens is 1. The first-order valence-electron chi connectivity index (χ1n) is 6.65. The van der Waals surface area contributed by atoms with E-state index < -0.39 is 5.97 Å². The Labute approximate surface area is 130 Å². The van der Waals surface area contributed by atoms with Crippen molar-refractivity contribution in [1.29, 1.82) is 0 Å². The van der Waals surface area contributed by atoms with Crippen LogP contribution in [0.15, 0.2) is 54.6 Å². The number of hydrogen-bond donors (Lipinski definition) is 0. The molecule has 0 amide bonds. The molecule has 0 aliphatic carbocycles. The van der Waals surface area contributed by atoms with Gasteiger partial charge in [0, 0.05) is 6.08 Å². The molecule has 3 rings (SSSR count). The number of thiazole rings is 1. The average molecular weight is 313 g/mol. The molecule has 0 radical (unpaired) electrons. The van der Waals surface area contributed by atoms with Crippen molar-refractivity contribution in [2.45, 2.75) is 6.61 Å². The van der Waals surface area contributed by atoms with Gasteiger partial charge < -0.3 is 4.74 Å². The first-order chi connectivity index (χ1) is 10.7. The first kappa shape index (κ1) is 14.4. The van der Waals surface area contributed by atoms with E-state index in [2.05, 4.69) is 4.98 Å². The van der Waals surface area contributed by atoms with Crippen molar-refractivity contribution in [3.05, 3.63) is 71.0 Å². The zero-order valence-electron chi connectivity index (χ0n) is 11.5. The molecule has 3 nitrogen and oxygen atoms in total. The Hall–Kier alpha value is -2.53. The van der Waals surface area contributed by atoms with Gasteiger partial charge in [0.1, 0.15) is 17.4 Å². The molecule has 5 heteroatoms. The largest absolute Gasteiger partial charge is 0.455 e. The van der Waals surface area contributed by atoms with Crippen molar-refractivity contribution in [3.63, 3.8) is 0 Å². The molecule has 0 fully saturated rings. The molecular formula is C17H12FNO2S. The van der Waals surface area contributed by atoms with E-state index in [1.807, 2.05) is 24.3 Å². The maximum Gasteiger partial charge on any atom is 0.331 e. The molecule has 0 unspecified atom stereocenters. The SMILES string of the molecule is O=C(/C=C/c1ccc(F)cc1)OCc1nc2ccccc2s1. The molecule has 1 aromatic heterocycles. The number of carbonyl (C=O) groups excluding carboxylic acids is 1. The molecule has 110 valence electrons. The second-order valence-corrected chi connectivity index (χ2v) is 5.68. The summed E-state index contributed by atoms with van der Waals surface area (Å²) < 4.78 is 19.0. The lowest BCUT2D eigenvalue weighted by atomic mass is 10.2. The lowest BCUT2D eigenvalue weighted by Crippen LogP contribution is -2.00. The minimum Gasteiger partial charge on any atom is -0.455 e. The third-order valence-corrected chi connectivity index (χ3v) is 3.97. The van der Waals surface area contributed by atoms with Gasteiger partial charge >= 0.3 is 5.97 Å². The molecule has 0 aliphatic rings. The highest BCUT2D eigenvalue weighted by Gasteiger charge is 2.05. The predicted molar refractivity (Wildman–Crippen MR) is 84.9 cm³/mol. The number of benzene rings is 2. The van der Waals surface area contributed by atoms with E-state index in [1.54, 1.807) is 18.2 Å². The van der Waals surface area contributed by atoms with Gasteiger partial charge in [-0.15, -0.1) is 11.3 Å². The zero-order chi connectivity index (χ0) is 15.4. The maximum atomic E-state index is 12.8. The van der Waals surface area contributed by atoms with Crippen LogP contribution in [-0.2, 0) is 16.1 Å². The second kappa shape index (κ2) is 6.49. The fourth-order valence-electron chi connectivity index (χ4n) is 1.90. The van der Waals surface area contributed by atoms with Gasteiger partial charge in [-0.1, -0.05) is 24.3 Å². The van der Waals surface area contributed by atoms with E-state index in [0.29, 0.717) is 0 Å². The minimum atomic E-state index is -0.455. The topological polar surface area (TPSA) is 39.2 Å². The molecule has 0 spiro atoms. The van der Waals surface area contributed by atoms with E-state index in [1.165, 1.54) is 29.5 Å². The van der Waals surface area contributed by atoms with Gasteiger partial charge in [0.2, 0.25) is 0 Å². The van der Waals surface area contributed by atoms with E-state index >= 15 is 0 Å². The molecule has 0 N–H and O–H groups in total. The summed E-state index contributed by atoms with van der Waals surface area (Å²) in [7, 11) is 0. The van der Waals surface area contributed by atoms with Crippen LogP contribution in [0.4, 0.5) is 4.39 Å². The van der Waals surface area contributed by atoms with Crippen molar-refractivity contribution in [2.24, 2.45) is 0 Å². The molecule has 0 saturated carbocycles. The second-order valence-electron chi connectivity index (χ2n) is 4.57. The molecule has 2 aromatic carbocycles. The quantitative estimate of drug-likeness (QED) is 0.535. The summed E-state index contributed by atoms with van der Waals surface area (Å²) in [6.07, 6.45) is 2.90. The number of para-hydroxylation sites is 1. The van der Waals surface area contributed by atoms with Crippen LogP contribution < -0.4 is 0 Å². The van der Waals surface area contributed by atoms with Gasteiger partial charge in [-0.25, -0.2) is 14.2 Å². The van der Waals surface area contributed by atoms with Crippen molar-refractivity contribution >= 4 is 33.6 Å². The average Bonchev–Trinajstić information content (AvgIpc) is 2.95. The van der Waals surface area contributed by atoms with Crippen LogP contribution in [0.1, 0.15) is 10.6 Å². The van der Waals surface area contributed by atoms with Gasteiger partial charge in [0.05, 0.1) is 10.2 Å². The summed E-state index contributed by atoms with van der Waals surface area (Å²) in [4.78, 5) is 16.1. The lowest BCUT2D eigenvalue weighted by Gasteiger charge is -1.98. The Morgan fingerprint density at radius 1 is 1.18 bits per heavy atom. The van der Waals surface area contributed by atoms with E-state index in [4.69, 9.17) is 4.74 Å². The van der Waals surface area contributed by atoms with Crippen LogP contribution in [0.3, 0.4) is 0 Å².